The normalized spacial score (nSPS) is 12.3. The van der Waals surface area contributed by atoms with E-state index in [0.29, 0.717) is 11.0 Å². The van der Waals surface area contributed by atoms with E-state index in [1.807, 2.05) is 6.07 Å². The second-order valence-electron chi connectivity index (χ2n) is 5.92. The summed E-state index contributed by atoms with van der Waals surface area (Å²) in [5.41, 5.74) is 0.516. The smallest absolute Gasteiger partial charge is 0.267 e. The lowest BCUT2D eigenvalue weighted by molar-refractivity contribution is 0.934. The molecule has 0 unspecified atom stereocenters. The van der Waals surface area contributed by atoms with Crippen molar-refractivity contribution in [1.82, 2.24) is 14.6 Å². The number of hydrogen-bond acceptors (Lipinski definition) is 4. The molecule has 0 saturated heterocycles. The van der Waals surface area contributed by atoms with E-state index in [2.05, 4.69) is 52.5 Å². The second kappa shape index (κ2) is 4.07. The molecule has 0 radical (unpaired) electrons. The molecular weight excluding hydrogens is 318 g/mol. The van der Waals surface area contributed by atoms with Crippen LogP contribution in [0, 0.1) is 0 Å². The Bertz CT molecular complexity index is 1480. The van der Waals surface area contributed by atoms with E-state index in [1.54, 1.807) is 11.3 Å². The molecule has 5 heteroatoms. The number of fused-ring (bicyclic) bond motifs is 4. The van der Waals surface area contributed by atoms with Gasteiger partial charge in [-0.05, 0) is 35.0 Å². The SMILES string of the molecule is O=c1c2ccc3c4ccccc4sc4ccc(c2c43)c2ncnn12. The molecule has 0 aliphatic heterocycles. The number of rotatable bonds is 0. The lowest BCUT2D eigenvalue weighted by atomic mass is 9.98. The molecule has 0 bridgehead atoms. The number of hydrogen-bond donors (Lipinski definition) is 0. The molecule has 0 spiro atoms. The largest absolute Gasteiger partial charge is 0.280 e. The minimum absolute atomic E-state index is 0.109. The van der Waals surface area contributed by atoms with E-state index >= 15 is 0 Å². The summed E-state index contributed by atoms with van der Waals surface area (Å²) < 4.78 is 3.83. The minimum atomic E-state index is -0.109. The Morgan fingerprint density at radius 3 is 2.58 bits per heavy atom. The molecule has 4 nitrogen and oxygen atoms in total. The van der Waals surface area contributed by atoms with Gasteiger partial charge in [0.05, 0.1) is 5.39 Å². The lowest BCUT2D eigenvalue weighted by Gasteiger charge is -2.12. The van der Waals surface area contributed by atoms with Crippen molar-refractivity contribution in [2.24, 2.45) is 0 Å². The Morgan fingerprint density at radius 2 is 1.62 bits per heavy atom. The lowest BCUT2D eigenvalue weighted by Crippen LogP contribution is -2.14. The summed E-state index contributed by atoms with van der Waals surface area (Å²) in [5.74, 6) is 0. The van der Waals surface area contributed by atoms with Crippen LogP contribution >= 0.6 is 11.3 Å². The highest BCUT2D eigenvalue weighted by molar-refractivity contribution is 7.25. The molecule has 0 saturated carbocycles. The van der Waals surface area contributed by atoms with Crippen LogP contribution in [0.3, 0.4) is 0 Å². The van der Waals surface area contributed by atoms with E-state index in [1.165, 1.54) is 31.0 Å². The highest BCUT2D eigenvalue weighted by Crippen LogP contribution is 2.40. The van der Waals surface area contributed by atoms with Crippen molar-refractivity contribution in [3.8, 4) is 0 Å². The van der Waals surface area contributed by atoms with Crippen LogP contribution in [-0.2, 0) is 0 Å². The van der Waals surface area contributed by atoms with Gasteiger partial charge < -0.3 is 0 Å². The van der Waals surface area contributed by atoms with Crippen molar-refractivity contribution < 1.29 is 0 Å². The summed E-state index contributed by atoms with van der Waals surface area (Å²) in [6.45, 7) is 0. The van der Waals surface area contributed by atoms with Crippen molar-refractivity contribution in [3.05, 3.63) is 65.2 Å². The molecule has 0 atom stereocenters. The van der Waals surface area contributed by atoms with E-state index < -0.39 is 0 Å². The van der Waals surface area contributed by atoms with Gasteiger partial charge >= 0.3 is 0 Å². The summed E-state index contributed by atoms with van der Waals surface area (Å²) >= 11 is 1.76. The van der Waals surface area contributed by atoms with Crippen LogP contribution < -0.4 is 5.56 Å². The van der Waals surface area contributed by atoms with Gasteiger partial charge in [0.2, 0.25) is 0 Å². The van der Waals surface area contributed by atoms with Gasteiger partial charge in [0, 0.05) is 25.6 Å². The highest BCUT2D eigenvalue weighted by Gasteiger charge is 2.17. The van der Waals surface area contributed by atoms with E-state index in [9.17, 15) is 4.79 Å². The zero-order valence-corrected chi connectivity index (χ0v) is 13.2. The maximum absolute atomic E-state index is 12.8. The van der Waals surface area contributed by atoms with Gasteiger partial charge in [-0.2, -0.15) is 9.61 Å². The summed E-state index contributed by atoms with van der Waals surface area (Å²) in [5, 5.41) is 10.3. The molecule has 3 aromatic carbocycles. The molecule has 0 N–H and O–H groups in total. The zero-order valence-electron chi connectivity index (χ0n) is 12.4. The Morgan fingerprint density at radius 1 is 0.792 bits per heavy atom. The molecule has 112 valence electrons. The third kappa shape index (κ3) is 1.32. The van der Waals surface area contributed by atoms with Crippen LogP contribution in [0.4, 0.5) is 0 Å². The maximum atomic E-state index is 12.8. The summed E-state index contributed by atoms with van der Waals surface area (Å²) in [6.07, 6.45) is 1.44. The molecule has 0 amide bonds. The van der Waals surface area contributed by atoms with Crippen LogP contribution in [0.25, 0.3) is 47.4 Å². The van der Waals surface area contributed by atoms with Crippen LogP contribution in [0.15, 0.2) is 59.7 Å². The average molecular weight is 327 g/mol. The molecule has 3 heterocycles. The molecular formula is C19H9N3OS. The second-order valence-corrected chi connectivity index (χ2v) is 7.00. The third-order valence-corrected chi connectivity index (χ3v) is 5.87. The molecule has 0 aliphatic carbocycles. The Kier molecular flexibility index (Phi) is 2.10. The fourth-order valence-electron chi connectivity index (χ4n) is 3.72. The first-order valence-corrected chi connectivity index (χ1v) is 8.46. The quantitative estimate of drug-likeness (QED) is 0.310. The summed E-state index contributed by atoms with van der Waals surface area (Å²) in [4.78, 5) is 17.1. The monoisotopic (exact) mass is 327 g/mol. The highest BCUT2D eigenvalue weighted by atomic mass is 32.1. The minimum Gasteiger partial charge on any atom is -0.267 e. The van der Waals surface area contributed by atoms with Crippen molar-refractivity contribution in [2.75, 3.05) is 0 Å². The summed E-state index contributed by atoms with van der Waals surface area (Å²) in [7, 11) is 0. The third-order valence-electron chi connectivity index (χ3n) is 4.73. The fraction of sp³-hybridized carbons (Fsp3) is 0. The Labute approximate surface area is 138 Å². The van der Waals surface area contributed by atoms with Gasteiger partial charge in [-0.15, -0.1) is 11.3 Å². The van der Waals surface area contributed by atoms with Crippen LogP contribution in [0.1, 0.15) is 0 Å². The van der Waals surface area contributed by atoms with E-state index in [4.69, 9.17) is 0 Å². The van der Waals surface area contributed by atoms with E-state index in [0.717, 1.165) is 16.2 Å². The van der Waals surface area contributed by atoms with Gasteiger partial charge in [-0.25, -0.2) is 4.98 Å². The van der Waals surface area contributed by atoms with Crippen molar-refractivity contribution in [3.63, 3.8) is 0 Å². The molecule has 3 aromatic heterocycles. The number of aromatic nitrogens is 3. The molecule has 6 aromatic rings. The standard InChI is InChI=1S/C19H9N3OS/c23-19-13-6-5-11-10-3-1-2-4-14(10)24-15-8-7-12(16(13)17(11)15)18-20-9-21-22(18)19/h1-9H. The first-order valence-electron chi connectivity index (χ1n) is 7.65. The van der Waals surface area contributed by atoms with E-state index in [-0.39, 0.29) is 5.56 Å². The first kappa shape index (κ1) is 12.4. The molecule has 0 fully saturated rings. The van der Waals surface area contributed by atoms with Gasteiger partial charge in [0.1, 0.15) is 6.33 Å². The van der Waals surface area contributed by atoms with Crippen LogP contribution in [0.2, 0.25) is 0 Å². The Balaban J connectivity index is 2.07. The number of pyridine rings is 1. The van der Waals surface area contributed by atoms with Gasteiger partial charge in [0.25, 0.3) is 5.56 Å². The van der Waals surface area contributed by atoms with Gasteiger partial charge in [0.15, 0.2) is 5.65 Å². The van der Waals surface area contributed by atoms with Crippen LogP contribution in [0.5, 0.6) is 0 Å². The molecule has 24 heavy (non-hydrogen) atoms. The fourth-order valence-corrected chi connectivity index (χ4v) is 4.84. The summed E-state index contributed by atoms with van der Waals surface area (Å²) in [6, 6.07) is 16.6. The average Bonchev–Trinajstić information content (AvgIpc) is 3.11. The number of benzene rings is 3. The van der Waals surface area contributed by atoms with Crippen molar-refractivity contribution >= 4 is 58.7 Å². The van der Waals surface area contributed by atoms with Gasteiger partial charge in [-0.1, -0.05) is 24.3 Å². The predicted octanol–water partition coefficient (Wildman–Crippen LogP) is 4.20. The predicted molar refractivity (Wildman–Crippen MR) is 98.3 cm³/mol. The van der Waals surface area contributed by atoms with Crippen molar-refractivity contribution in [2.45, 2.75) is 0 Å². The zero-order chi connectivity index (χ0) is 15.8. The van der Waals surface area contributed by atoms with Crippen molar-refractivity contribution in [1.29, 1.82) is 0 Å². The maximum Gasteiger partial charge on any atom is 0.280 e. The Hall–Kier alpha value is -3.05. The topological polar surface area (TPSA) is 47.3 Å². The van der Waals surface area contributed by atoms with Gasteiger partial charge in [-0.3, -0.25) is 4.79 Å². The first-order chi connectivity index (χ1) is 11.8. The number of nitrogens with zero attached hydrogens (tertiary/aromatic N) is 3. The molecule has 6 rings (SSSR count). The molecule has 0 aliphatic rings. The van der Waals surface area contributed by atoms with Crippen LogP contribution in [-0.4, -0.2) is 14.6 Å².